The number of piperidine rings is 1. The second kappa shape index (κ2) is 8.53. The van der Waals surface area contributed by atoms with Crippen molar-refractivity contribution < 1.29 is 28.5 Å². The highest BCUT2D eigenvalue weighted by molar-refractivity contribution is 6.18. The SMILES string of the molecule is C=C(C(=O)OC(=O)C1CCCCN1)c1cc(OC)c(OC)c(OC)c1. The molecule has 1 fully saturated rings. The largest absolute Gasteiger partial charge is 0.493 e. The molecule has 0 aliphatic carbocycles. The van der Waals surface area contributed by atoms with Crippen molar-refractivity contribution >= 4 is 17.5 Å². The van der Waals surface area contributed by atoms with E-state index in [1.807, 2.05) is 0 Å². The lowest BCUT2D eigenvalue weighted by Gasteiger charge is -2.21. The molecule has 0 bridgehead atoms. The Morgan fingerprint density at radius 3 is 2.20 bits per heavy atom. The van der Waals surface area contributed by atoms with E-state index in [4.69, 9.17) is 18.9 Å². The first-order valence-electron chi connectivity index (χ1n) is 8.00. The van der Waals surface area contributed by atoms with Gasteiger partial charge in [0, 0.05) is 0 Å². The lowest BCUT2D eigenvalue weighted by atomic mass is 10.0. The Morgan fingerprint density at radius 2 is 1.72 bits per heavy atom. The van der Waals surface area contributed by atoms with E-state index in [-0.39, 0.29) is 5.57 Å². The Balaban J connectivity index is 2.15. The van der Waals surface area contributed by atoms with Crippen LogP contribution in [0.5, 0.6) is 17.2 Å². The van der Waals surface area contributed by atoms with Crippen LogP contribution in [0, 0.1) is 0 Å². The molecular formula is C18H23NO6. The van der Waals surface area contributed by atoms with Gasteiger partial charge in [0.25, 0.3) is 0 Å². The molecule has 1 aliphatic rings. The predicted octanol–water partition coefficient (Wildman–Crippen LogP) is 1.94. The molecule has 0 aromatic heterocycles. The maximum atomic E-state index is 12.3. The summed E-state index contributed by atoms with van der Waals surface area (Å²) in [6, 6.07) is 2.70. The van der Waals surface area contributed by atoms with Gasteiger partial charge in [0.15, 0.2) is 11.5 Å². The van der Waals surface area contributed by atoms with E-state index in [2.05, 4.69) is 11.9 Å². The highest BCUT2D eigenvalue weighted by atomic mass is 16.6. The summed E-state index contributed by atoms with van der Waals surface area (Å²) in [7, 11) is 4.43. The summed E-state index contributed by atoms with van der Waals surface area (Å²) in [5, 5.41) is 3.04. The van der Waals surface area contributed by atoms with Crippen LogP contribution in [-0.4, -0.2) is 45.9 Å². The molecule has 0 spiro atoms. The third-order valence-electron chi connectivity index (χ3n) is 4.05. The van der Waals surface area contributed by atoms with Crippen molar-refractivity contribution in [2.75, 3.05) is 27.9 Å². The number of hydrogen-bond donors (Lipinski definition) is 1. The third kappa shape index (κ3) is 4.30. The van der Waals surface area contributed by atoms with Crippen LogP contribution in [0.3, 0.4) is 0 Å². The van der Waals surface area contributed by atoms with Crippen LogP contribution in [0.25, 0.3) is 5.57 Å². The fourth-order valence-corrected chi connectivity index (χ4v) is 2.65. The monoisotopic (exact) mass is 349 g/mol. The zero-order valence-corrected chi connectivity index (χ0v) is 14.7. The number of carbonyl (C=O) groups excluding carboxylic acids is 2. The van der Waals surface area contributed by atoms with E-state index in [0.29, 0.717) is 29.2 Å². The van der Waals surface area contributed by atoms with E-state index >= 15 is 0 Å². The fourth-order valence-electron chi connectivity index (χ4n) is 2.65. The van der Waals surface area contributed by atoms with Gasteiger partial charge in [-0.1, -0.05) is 13.0 Å². The Labute approximate surface area is 146 Å². The van der Waals surface area contributed by atoms with Crippen LogP contribution in [0.2, 0.25) is 0 Å². The van der Waals surface area contributed by atoms with Gasteiger partial charge in [-0.05, 0) is 37.1 Å². The van der Waals surface area contributed by atoms with Crippen molar-refractivity contribution in [3.05, 3.63) is 24.3 Å². The number of hydrogen-bond acceptors (Lipinski definition) is 7. The minimum absolute atomic E-state index is 0.0309. The molecule has 7 heteroatoms. The number of nitrogens with one attached hydrogen (secondary N) is 1. The Morgan fingerprint density at radius 1 is 1.08 bits per heavy atom. The van der Waals surface area contributed by atoms with Crippen molar-refractivity contribution in [2.24, 2.45) is 0 Å². The van der Waals surface area contributed by atoms with E-state index in [1.54, 1.807) is 12.1 Å². The molecule has 0 saturated carbocycles. The first-order valence-corrected chi connectivity index (χ1v) is 8.00. The molecule has 0 amide bonds. The summed E-state index contributed by atoms with van der Waals surface area (Å²) in [5.74, 6) is -0.223. The second-order valence-electron chi connectivity index (χ2n) is 5.60. The Bertz CT molecular complexity index is 639. The molecule has 2 rings (SSSR count). The summed E-state index contributed by atoms with van der Waals surface area (Å²) >= 11 is 0. The smallest absolute Gasteiger partial charge is 0.345 e. The quantitative estimate of drug-likeness (QED) is 0.477. The van der Waals surface area contributed by atoms with Gasteiger partial charge in [-0.25, -0.2) is 9.59 Å². The van der Waals surface area contributed by atoms with Gasteiger partial charge >= 0.3 is 11.9 Å². The van der Waals surface area contributed by atoms with Gasteiger partial charge in [-0.15, -0.1) is 0 Å². The average Bonchev–Trinajstić information content (AvgIpc) is 2.66. The normalized spacial score (nSPS) is 16.7. The summed E-state index contributed by atoms with van der Waals surface area (Å²) in [5.41, 5.74) is 0.451. The number of methoxy groups -OCH3 is 3. The number of benzene rings is 1. The van der Waals surface area contributed by atoms with Crippen LogP contribution in [0.15, 0.2) is 18.7 Å². The van der Waals surface area contributed by atoms with Gasteiger partial charge in [0.1, 0.15) is 6.04 Å². The summed E-state index contributed by atoms with van der Waals surface area (Å²) in [6.45, 7) is 4.47. The lowest BCUT2D eigenvalue weighted by molar-refractivity contribution is -0.157. The van der Waals surface area contributed by atoms with Crippen molar-refractivity contribution in [1.82, 2.24) is 5.32 Å². The highest BCUT2D eigenvalue weighted by Gasteiger charge is 2.26. The fraction of sp³-hybridized carbons (Fsp3) is 0.444. The number of ether oxygens (including phenoxy) is 4. The minimum atomic E-state index is -0.799. The zero-order chi connectivity index (χ0) is 18.4. The maximum Gasteiger partial charge on any atom is 0.345 e. The molecule has 1 N–H and O–H groups in total. The van der Waals surface area contributed by atoms with Crippen molar-refractivity contribution in [3.8, 4) is 17.2 Å². The molecule has 7 nitrogen and oxygen atoms in total. The van der Waals surface area contributed by atoms with Crippen molar-refractivity contribution in [2.45, 2.75) is 25.3 Å². The molecule has 1 saturated heterocycles. The molecule has 1 atom stereocenters. The highest BCUT2D eigenvalue weighted by Crippen LogP contribution is 2.39. The van der Waals surface area contributed by atoms with Gasteiger partial charge in [-0.3, -0.25) is 0 Å². The number of esters is 2. The lowest BCUT2D eigenvalue weighted by Crippen LogP contribution is -2.42. The van der Waals surface area contributed by atoms with Crippen LogP contribution < -0.4 is 19.5 Å². The van der Waals surface area contributed by atoms with Crippen molar-refractivity contribution in [1.29, 1.82) is 0 Å². The summed E-state index contributed by atoms with van der Waals surface area (Å²) in [4.78, 5) is 24.3. The molecule has 136 valence electrons. The molecule has 1 aromatic rings. The van der Waals surface area contributed by atoms with Crippen LogP contribution in [0.1, 0.15) is 24.8 Å². The van der Waals surface area contributed by atoms with E-state index < -0.39 is 18.0 Å². The maximum absolute atomic E-state index is 12.3. The topological polar surface area (TPSA) is 83.1 Å². The predicted molar refractivity (Wildman–Crippen MR) is 91.9 cm³/mol. The van der Waals surface area contributed by atoms with Gasteiger partial charge in [0.05, 0.1) is 26.9 Å². The van der Waals surface area contributed by atoms with Crippen LogP contribution >= 0.6 is 0 Å². The molecule has 25 heavy (non-hydrogen) atoms. The Kier molecular flexibility index (Phi) is 6.41. The number of carbonyl (C=O) groups is 2. The number of rotatable bonds is 6. The first-order chi connectivity index (χ1) is 12.0. The molecule has 1 heterocycles. The van der Waals surface area contributed by atoms with Crippen LogP contribution in [0.4, 0.5) is 0 Å². The Hall–Kier alpha value is -2.54. The average molecular weight is 349 g/mol. The standard InChI is InChI=1S/C18H23NO6/c1-11(17(20)25-18(21)13-7-5-6-8-19-13)12-9-14(22-2)16(24-4)15(10-12)23-3/h9-10,13,19H,1,5-8H2,2-4H3. The van der Waals surface area contributed by atoms with Crippen molar-refractivity contribution in [3.63, 3.8) is 0 Å². The summed E-state index contributed by atoms with van der Waals surface area (Å²) < 4.78 is 20.7. The summed E-state index contributed by atoms with van der Waals surface area (Å²) in [6.07, 6.45) is 2.59. The molecule has 1 unspecified atom stereocenters. The van der Waals surface area contributed by atoms with Crippen LogP contribution in [-0.2, 0) is 14.3 Å². The molecule has 1 aromatic carbocycles. The third-order valence-corrected chi connectivity index (χ3v) is 4.05. The minimum Gasteiger partial charge on any atom is -0.493 e. The molecule has 0 radical (unpaired) electrons. The molecular weight excluding hydrogens is 326 g/mol. The van der Waals surface area contributed by atoms with E-state index in [9.17, 15) is 9.59 Å². The molecule has 1 aliphatic heterocycles. The zero-order valence-electron chi connectivity index (χ0n) is 14.7. The van der Waals surface area contributed by atoms with Gasteiger partial charge < -0.3 is 24.3 Å². The van der Waals surface area contributed by atoms with Gasteiger partial charge in [0.2, 0.25) is 5.75 Å². The first kappa shape index (κ1) is 18.8. The van der Waals surface area contributed by atoms with E-state index in [0.717, 1.165) is 19.4 Å². The van der Waals surface area contributed by atoms with E-state index in [1.165, 1.54) is 21.3 Å². The second-order valence-corrected chi connectivity index (χ2v) is 5.60. The van der Waals surface area contributed by atoms with Gasteiger partial charge in [-0.2, -0.15) is 0 Å².